The molecule has 5 heteroatoms. The number of rotatable bonds is 2. The van der Waals surface area contributed by atoms with Gasteiger partial charge in [-0.05, 0) is 93.6 Å². The third kappa shape index (κ3) is 5.11. The Morgan fingerprint density at radius 1 is 1.05 bits per heavy atom. The molecule has 0 amide bonds. The predicted molar refractivity (Wildman–Crippen MR) is 97.3 cm³/mol. The molecule has 0 unspecified atom stereocenters. The normalized spacial score (nSPS) is 23.7. The van der Waals surface area contributed by atoms with Gasteiger partial charge in [-0.25, -0.2) is 0 Å². The predicted octanol–water partition coefficient (Wildman–Crippen LogP) is 6.77. The highest BCUT2D eigenvalue weighted by Gasteiger charge is 2.23. The van der Waals surface area contributed by atoms with Gasteiger partial charge in [0, 0.05) is 18.8 Å². The minimum absolute atomic E-state index is 0.314. The summed E-state index contributed by atoms with van der Waals surface area (Å²) < 4.78 is 38.8. The Morgan fingerprint density at radius 2 is 1.57 bits per heavy atom. The fraction of sp³-hybridized carbons (Fsp3) is 0.500. The van der Waals surface area contributed by atoms with Gasteiger partial charge in [-0.2, -0.15) is 13.2 Å². The van der Waals surface area contributed by atoms with E-state index in [4.69, 9.17) is 0 Å². The van der Waals surface area contributed by atoms with E-state index in [1.807, 2.05) is 0 Å². The van der Waals surface area contributed by atoms with Crippen LogP contribution in [0.1, 0.15) is 49.7 Å². The van der Waals surface area contributed by atoms with Crippen LogP contribution >= 0.6 is 45.2 Å². The fourth-order valence-corrected chi connectivity index (χ4v) is 4.95. The molecule has 1 aliphatic rings. The van der Waals surface area contributed by atoms with Crippen molar-refractivity contribution in [2.24, 2.45) is 5.92 Å². The average molecular weight is 520 g/mol. The quantitative estimate of drug-likeness (QED) is 0.378. The van der Waals surface area contributed by atoms with Crippen LogP contribution in [0.25, 0.3) is 6.08 Å². The van der Waals surface area contributed by atoms with E-state index in [0.29, 0.717) is 17.6 Å². The smallest absolute Gasteiger partial charge is 0.167 e. The SMILES string of the molecule is CC1CCC(c2cc(I)c(/C=C/C(F)(F)F)c(I)c2)CC1. The maximum Gasteiger partial charge on any atom is 0.409 e. The maximum atomic E-state index is 12.3. The van der Waals surface area contributed by atoms with Gasteiger partial charge in [0.25, 0.3) is 0 Å². The number of allylic oxidation sites excluding steroid dienone is 1. The molecule has 0 bridgehead atoms. The molecule has 1 fully saturated rings. The lowest BCUT2D eigenvalue weighted by molar-refractivity contribution is -0.0790. The van der Waals surface area contributed by atoms with Crippen molar-refractivity contribution in [3.8, 4) is 0 Å². The molecule has 116 valence electrons. The van der Waals surface area contributed by atoms with E-state index >= 15 is 0 Å². The van der Waals surface area contributed by atoms with E-state index in [9.17, 15) is 13.2 Å². The summed E-state index contributed by atoms with van der Waals surface area (Å²) in [5.41, 5.74) is 1.95. The van der Waals surface area contributed by atoms with E-state index in [1.165, 1.54) is 37.3 Å². The minimum Gasteiger partial charge on any atom is -0.167 e. The Balaban J connectivity index is 2.23. The number of alkyl halides is 3. The average Bonchev–Trinajstić information content (AvgIpc) is 2.37. The molecule has 0 aliphatic heterocycles. The summed E-state index contributed by atoms with van der Waals surface area (Å²) in [4.78, 5) is 0. The van der Waals surface area contributed by atoms with Crippen molar-refractivity contribution in [2.45, 2.75) is 44.7 Å². The summed E-state index contributed by atoms with van der Waals surface area (Å²) in [6.07, 6.45) is 2.09. The molecule has 0 nitrogen and oxygen atoms in total. The van der Waals surface area contributed by atoms with Crippen molar-refractivity contribution in [2.75, 3.05) is 0 Å². The molecule has 1 aromatic rings. The summed E-state index contributed by atoms with van der Waals surface area (Å²) in [5, 5.41) is 0. The first-order valence-electron chi connectivity index (χ1n) is 7.01. The van der Waals surface area contributed by atoms with Crippen molar-refractivity contribution >= 4 is 51.3 Å². The van der Waals surface area contributed by atoms with Gasteiger partial charge in [-0.1, -0.05) is 19.8 Å². The van der Waals surface area contributed by atoms with Crippen molar-refractivity contribution in [3.63, 3.8) is 0 Å². The van der Waals surface area contributed by atoms with E-state index in [1.54, 1.807) is 0 Å². The first-order chi connectivity index (χ1) is 9.76. The number of hydrogen-bond acceptors (Lipinski definition) is 0. The molecule has 0 spiro atoms. The first kappa shape index (κ1) is 17.6. The van der Waals surface area contributed by atoms with Gasteiger partial charge < -0.3 is 0 Å². The topological polar surface area (TPSA) is 0 Å². The third-order valence-corrected chi connectivity index (χ3v) is 5.81. The summed E-state index contributed by atoms with van der Waals surface area (Å²) in [6, 6.07) is 4.11. The van der Waals surface area contributed by atoms with Crippen molar-refractivity contribution in [1.29, 1.82) is 0 Å². The molecule has 2 rings (SSSR count). The molecular formula is C16H17F3I2. The maximum absolute atomic E-state index is 12.3. The van der Waals surface area contributed by atoms with Gasteiger partial charge in [0.05, 0.1) is 0 Å². The van der Waals surface area contributed by atoms with Crippen LogP contribution < -0.4 is 0 Å². The Morgan fingerprint density at radius 3 is 2.05 bits per heavy atom. The van der Waals surface area contributed by atoms with Crippen LogP contribution in [0.2, 0.25) is 0 Å². The molecule has 0 heterocycles. The van der Waals surface area contributed by atoms with Gasteiger partial charge in [-0.15, -0.1) is 0 Å². The van der Waals surface area contributed by atoms with Crippen LogP contribution in [-0.4, -0.2) is 6.18 Å². The lowest BCUT2D eigenvalue weighted by Crippen LogP contribution is -2.11. The van der Waals surface area contributed by atoms with Crippen LogP contribution in [0.5, 0.6) is 0 Å². The monoisotopic (exact) mass is 520 g/mol. The minimum atomic E-state index is -4.26. The van der Waals surface area contributed by atoms with E-state index in [2.05, 4.69) is 64.2 Å². The second kappa shape index (κ2) is 7.19. The highest BCUT2D eigenvalue weighted by Crippen LogP contribution is 2.37. The molecule has 0 saturated heterocycles. The van der Waals surface area contributed by atoms with Gasteiger partial charge >= 0.3 is 6.18 Å². The van der Waals surface area contributed by atoms with Crippen LogP contribution in [0.3, 0.4) is 0 Å². The van der Waals surface area contributed by atoms with Crippen LogP contribution in [0.15, 0.2) is 18.2 Å². The molecule has 0 radical (unpaired) electrons. The summed E-state index contributed by atoms with van der Waals surface area (Å²) in [5.74, 6) is 1.36. The Labute approximate surface area is 150 Å². The molecule has 0 N–H and O–H groups in total. The molecule has 1 saturated carbocycles. The molecule has 0 aromatic heterocycles. The fourth-order valence-electron chi connectivity index (χ4n) is 2.77. The van der Waals surface area contributed by atoms with Gasteiger partial charge in [0.15, 0.2) is 0 Å². The summed E-state index contributed by atoms with van der Waals surface area (Å²) in [6.45, 7) is 2.29. The highest BCUT2D eigenvalue weighted by atomic mass is 127. The zero-order valence-corrected chi connectivity index (χ0v) is 16.0. The van der Waals surface area contributed by atoms with Crippen molar-refractivity contribution in [1.82, 2.24) is 0 Å². The Hall–Kier alpha value is 0.210. The number of halogens is 5. The van der Waals surface area contributed by atoms with E-state index in [-0.39, 0.29) is 0 Å². The molecule has 0 atom stereocenters. The zero-order valence-electron chi connectivity index (χ0n) is 11.7. The summed E-state index contributed by atoms with van der Waals surface area (Å²) >= 11 is 4.28. The van der Waals surface area contributed by atoms with Crippen LogP contribution in [0, 0.1) is 13.1 Å². The highest BCUT2D eigenvalue weighted by molar-refractivity contribution is 14.1. The van der Waals surface area contributed by atoms with Gasteiger partial charge in [-0.3, -0.25) is 0 Å². The Kier molecular flexibility index (Phi) is 6.01. The Bertz CT molecular complexity index is 504. The largest absolute Gasteiger partial charge is 0.409 e. The van der Waals surface area contributed by atoms with E-state index in [0.717, 1.165) is 13.1 Å². The van der Waals surface area contributed by atoms with Crippen molar-refractivity contribution in [3.05, 3.63) is 36.5 Å². The van der Waals surface area contributed by atoms with Crippen molar-refractivity contribution < 1.29 is 13.2 Å². The standard InChI is InChI=1S/C16H17F3I2/c1-10-2-4-11(5-3-10)12-8-14(20)13(15(21)9-12)6-7-16(17,18)19/h6-11H,2-5H2,1H3/b7-6+. The van der Waals surface area contributed by atoms with Crippen LogP contribution in [-0.2, 0) is 0 Å². The summed E-state index contributed by atoms with van der Waals surface area (Å²) in [7, 11) is 0. The lowest BCUT2D eigenvalue weighted by Gasteiger charge is -2.27. The molecule has 1 aromatic carbocycles. The number of hydrogen-bond donors (Lipinski definition) is 0. The number of benzene rings is 1. The molecular weight excluding hydrogens is 503 g/mol. The van der Waals surface area contributed by atoms with Crippen LogP contribution in [0.4, 0.5) is 13.2 Å². The second-order valence-electron chi connectivity index (χ2n) is 5.73. The molecule has 1 aliphatic carbocycles. The zero-order chi connectivity index (χ0) is 15.6. The second-order valence-corrected chi connectivity index (χ2v) is 8.05. The van der Waals surface area contributed by atoms with Gasteiger partial charge in [0.2, 0.25) is 0 Å². The van der Waals surface area contributed by atoms with E-state index < -0.39 is 6.18 Å². The first-order valence-corrected chi connectivity index (χ1v) is 9.17. The third-order valence-electron chi connectivity index (χ3n) is 4.03. The molecule has 21 heavy (non-hydrogen) atoms. The lowest BCUT2D eigenvalue weighted by atomic mass is 9.79. The van der Waals surface area contributed by atoms with Gasteiger partial charge in [0.1, 0.15) is 0 Å².